The fraction of sp³-hybridized carbons (Fsp3) is 0.333. The van der Waals surface area contributed by atoms with E-state index in [9.17, 15) is 0 Å². The Bertz CT molecular complexity index is 465. The summed E-state index contributed by atoms with van der Waals surface area (Å²) in [5.41, 5.74) is 1.07. The lowest BCUT2D eigenvalue weighted by atomic mass is 10.2. The van der Waals surface area contributed by atoms with Crippen molar-refractivity contribution in [2.24, 2.45) is 0 Å². The number of nitrogens with zero attached hydrogens (tertiary/aromatic N) is 2. The van der Waals surface area contributed by atoms with Gasteiger partial charge in [-0.3, -0.25) is 0 Å². The third-order valence-corrected chi connectivity index (χ3v) is 3.72. The molecule has 0 aliphatic rings. The molecule has 0 amide bonds. The van der Waals surface area contributed by atoms with E-state index in [0.29, 0.717) is 0 Å². The van der Waals surface area contributed by atoms with Crippen molar-refractivity contribution in [3.63, 3.8) is 0 Å². The summed E-state index contributed by atoms with van der Waals surface area (Å²) >= 11 is 3.16. The minimum atomic E-state index is 0.807. The average molecular weight is 265 g/mol. The van der Waals surface area contributed by atoms with Crippen molar-refractivity contribution < 1.29 is 0 Å². The fourth-order valence-electron chi connectivity index (χ4n) is 1.38. The second-order valence-corrected chi connectivity index (χ2v) is 5.21. The maximum atomic E-state index is 4.46. The topological polar surface area (TPSA) is 37.8 Å². The Kier molecular flexibility index (Phi) is 4.39. The SMILES string of the molecule is CCCNc1nc(-c2ccc(SC)cc2)ns1. The second-order valence-electron chi connectivity index (χ2n) is 3.58. The van der Waals surface area contributed by atoms with Gasteiger partial charge in [0, 0.05) is 28.5 Å². The molecule has 2 aromatic rings. The van der Waals surface area contributed by atoms with Gasteiger partial charge in [-0.05, 0) is 24.8 Å². The lowest BCUT2D eigenvalue weighted by Crippen LogP contribution is -1.98. The van der Waals surface area contributed by atoms with Gasteiger partial charge in [-0.15, -0.1) is 11.8 Å². The van der Waals surface area contributed by atoms with Gasteiger partial charge in [0.15, 0.2) is 5.82 Å². The van der Waals surface area contributed by atoms with Crippen LogP contribution in [0.15, 0.2) is 29.2 Å². The third-order valence-electron chi connectivity index (χ3n) is 2.30. The molecule has 0 spiro atoms. The van der Waals surface area contributed by atoms with Crippen molar-refractivity contribution in [1.82, 2.24) is 9.36 Å². The zero-order valence-corrected chi connectivity index (χ0v) is 11.6. The van der Waals surface area contributed by atoms with Crippen LogP contribution < -0.4 is 5.32 Å². The largest absolute Gasteiger partial charge is 0.360 e. The molecule has 0 aliphatic heterocycles. The van der Waals surface area contributed by atoms with Gasteiger partial charge in [-0.2, -0.15) is 9.36 Å². The normalized spacial score (nSPS) is 10.5. The second kappa shape index (κ2) is 6.02. The van der Waals surface area contributed by atoms with Crippen LogP contribution >= 0.6 is 23.3 Å². The molecule has 3 nitrogen and oxygen atoms in total. The summed E-state index contributed by atoms with van der Waals surface area (Å²) in [6.45, 7) is 3.08. The molecular weight excluding hydrogens is 250 g/mol. The van der Waals surface area contributed by atoms with Crippen molar-refractivity contribution in [3.05, 3.63) is 24.3 Å². The van der Waals surface area contributed by atoms with E-state index >= 15 is 0 Å². The maximum absolute atomic E-state index is 4.46. The summed E-state index contributed by atoms with van der Waals surface area (Å²) in [7, 11) is 0. The molecule has 0 radical (unpaired) electrons. The molecule has 1 heterocycles. The van der Waals surface area contributed by atoms with Crippen LogP contribution in [0, 0.1) is 0 Å². The van der Waals surface area contributed by atoms with Gasteiger partial charge < -0.3 is 5.32 Å². The smallest absolute Gasteiger partial charge is 0.202 e. The number of nitrogens with one attached hydrogen (secondary N) is 1. The highest BCUT2D eigenvalue weighted by Crippen LogP contribution is 2.23. The van der Waals surface area contributed by atoms with Crippen molar-refractivity contribution in [2.45, 2.75) is 18.2 Å². The van der Waals surface area contributed by atoms with Gasteiger partial charge in [0.05, 0.1) is 0 Å². The summed E-state index contributed by atoms with van der Waals surface area (Å²) in [4.78, 5) is 5.72. The summed E-state index contributed by atoms with van der Waals surface area (Å²) in [6.07, 6.45) is 3.17. The minimum absolute atomic E-state index is 0.807. The van der Waals surface area contributed by atoms with Crippen LogP contribution in [-0.2, 0) is 0 Å². The quantitative estimate of drug-likeness (QED) is 0.836. The van der Waals surface area contributed by atoms with Gasteiger partial charge in [0.25, 0.3) is 0 Å². The zero-order valence-electron chi connectivity index (χ0n) is 9.93. The standard InChI is InChI=1S/C12H15N3S2/c1-3-8-13-12-14-11(15-17-12)9-4-6-10(16-2)7-5-9/h4-7H,3,8H2,1-2H3,(H,13,14,15). The van der Waals surface area contributed by atoms with Crippen LogP contribution in [0.2, 0.25) is 0 Å². The van der Waals surface area contributed by atoms with Crippen molar-refractivity contribution in [2.75, 3.05) is 18.1 Å². The molecule has 90 valence electrons. The van der Waals surface area contributed by atoms with E-state index in [4.69, 9.17) is 0 Å². The number of anilines is 1. The zero-order chi connectivity index (χ0) is 12.1. The first-order valence-corrected chi connectivity index (χ1v) is 7.55. The molecular formula is C12H15N3S2. The molecule has 1 N–H and O–H groups in total. The predicted molar refractivity (Wildman–Crippen MR) is 75.9 cm³/mol. The molecule has 0 unspecified atom stereocenters. The number of hydrogen-bond acceptors (Lipinski definition) is 5. The Morgan fingerprint density at radius 2 is 2.06 bits per heavy atom. The highest BCUT2D eigenvalue weighted by Gasteiger charge is 2.05. The highest BCUT2D eigenvalue weighted by molar-refractivity contribution is 7.98. The number of thioether (sulfide) groups is 1. The number of rotatable bonds is 5. The molecule has 1 aromatic carbocycles. The van der Waals surface area contributed by atoms with Crippen LogP contribution in [-0.4, -0.2) is 22.2 Å². The number of benzene rings is 1. The van der Waals surface area contributed by atoms with Gasteiger partial charge in [-0.25, -0.2) is 0 Å². The van der Waals surface area contributed by atoms with Gasteiger partial charge in [0.1, 0.15) is 0 Å². The number of hydrogen-bond donors (Lipinski definition) is 1. The first kappa shape index (κ1) is 12.4. The molecule has 1 aromatic heterocycles. The summed E-state index contributed by atoms with van der Waals surface area (Å²) in [5.74, 6) is 0.807. The third kappa shape index (κ3) is 3.20. The van der Waals surface area contributed by atoms with Crippen LogP contribution in [0.3, 0.4) is 0 Å². The summed E-state index contributed by atoms with van der Waals surface area (Å²) < 4.78 is 4.36. The molecule has 0 bridgehead atoms. The molecule has 0 saturated heterocycles. The van der Waals surface area contributed by atoms with Crippen LogP contribution in [0.4, 0.5) is 5.13 Å². The van der Waals surface area contributed by atoms with Crippen LogP contribution in [0.1, 0.15) is 13.3 Å². The Morgan fingerprint density at radius 3 is 2.71 bits per heavy atom. The van der Waals surface area contributed by atoms with E-state index in [1.165, 1.54) is 16.4 Å². The van der Waals surface area contributed by atoms with E-state index in [0.717, 1.165) is 29.5 Å². The molecule has 5 heteroatoms. The molecule has 0 atom stereocenters. The Balaban J connectivity index is 2.12. The Morgan fingerprint density at radius 1 is 1.29 bits per heavy atom. The van der Waals surface area contributed by atoms with Crippen LogP contribution in [0.25, 0.3) is 11.4 Å². The molecule has 0 aliphatic carbocycles. The lowest BCUT2D eigenvalue weighted by molar-refractivity contribution is 0.976. The molecule has 17 heavy (non-hydrogen) atoms. The average Bonchev–Trinajstić information content (AvgIpc) is 2.85. The fourth-order valence-corrected chi connectivity index (χ4v) is 2.41. The van der Waals surface area contributed by atoms with Gasteiger partial charge in [-0.1, -0.05) is 19.1 Å². The first-order valence-electron chi connectivity index (χ1n) is 5.55. The predicted octanol–water partition coefficient (Wildman–Crippen LogP) is 3.75. The molecule has 0 fully saturated rings. The lowest BCUT2D eigenvalue weighted by Gasteiger charge is -1.98. The van der Waals surface area contributed by atoms with E-state index < -0.39 is 0 Å². The van der Waals surface area contributed by atoms with Crippen molar-refractivity contribution >= 4 is 28.4 Å². The van der Waals surface area contributed by atoms with Crippen LogP contribution in [0.5, 0.6) is 0 Å². The van der Waals surface area contributed by atoms with E-state index in [1.807, 2.05) is 0 Å². The molecule has 0 saturated carbocycles. The maximum Gasteiger partial charge on any atom is 0.202 e. The van der Waals surface area contributed by atoms with Gasteiger partial charge >= 0.3 is 0 Å². The molecule has 2 rings (SSSR count). The Hall–Kier alpha value is -1.07. The minimum Gasteiger partial charge on any atom is -0.360 e. The first-order chi connectivity index (χ1) is 8.33. The summed E-state index contributed by atoms with van der Waals surface area (Å²) in [6, 6.07) is 8.33. The van der Waals surface area contributed by atoms with E-state index in [2.05, 4.69) is 52.1 Å². The Labute approximate surface area is 110 Å². The monoisotopic (exact) mass is 265 g/mol. The van der Waals surface area contributed by atoms with Gasteiger partial charge in [0.2, 0.25) is 5.13 Å². The summed E-state index contributed by atoms with van der Waals surface area (Å²) in [5, 5.41) is 4.15. The van der Waals surface area contributed by atoms with E-state index in [1.54, 1.807) is 11.8 Å². The van der Waals surface area contributed by atoms with Crippen molar-refractivity contribution in [1.29, 1.82) is 0 Å². The number of aromatic nitrogens is 2. The van der Waals surface area contributed by atoms with Crippen molar-refractivity contribution in [3.8, 4) is 11.4 Å². The highest BCUT2D eigenvalue weighted by atomic mass is 32.2. The van der Waals surface area contributed by atoms with E-state index in [-0.39, 0.29) is 0 Å².